The van der Waals surface area contributed by atoms with Gasteiger partial charge in [-0.3, -0.25) is 4.79 Å². The van der Waals surface area contributed by atoms with Crippen LogP contribution in [0.15, 0.2) is 24.3 Å². The molecule has 0 spiro atoms. The van der Waals surface area contributed by atoms with Gasteiger partial charge >= 0.3 is 0 Å². The quantitative estimate of drug-likeness (QED) is 0.880. The summed E-state index contributed by atoms with van der Waals surface area (Å²) in [5.74, 6) is 0.344. The highest BCUT2D eigenvalue weighted by Gasteiger charge is 2.47. The van der Waals surface area contributed by atoms with E-state index in [0.717, 1.165) is 37.9 Å². The van der Waals surface area contributed by atoms with Crippen LogP contribution in [0.3, 0.4) is 0 Å². The normalized spacial score (nSPS) is 28.4. The second-order valence-electron chi connectivity index (χ2n) is 7.05. The Bertz CT molecular complexity index is 560. The number of hydrogen-bond donors (Lipinski definition) is 2. The van der Waals surface area contributed by atoms with E-state index in [1.807, 2.05) is 4.90 Å². The first kappa shape index (κ1) is 16.3. The standard InChI is InChI=1S/C18H26N2O3/c1-19-9-2-7-18(13-21)8-10-20(12-16(18)19)17(23)11-14-3-5-15(22)6-4-14/h3-6,16,21-22H,2,7-13H2,1H3/t16-,18-/m1/s1. The highest BCUT2D eigenvalue weighted by molar-refractivity contribution is 5.79. The van der Waals surface area contributed by atoms with Crippen molar-refractivity contribution in [1.29, 1.82) is 0 Å². The smallest absolute Gasteiger partial charge is 0.227 e. The second kappa shape index (κ2) is 6.49. The number of carbonyl (C=O) groups is 1. The molecule has 0 unspecified atom stereocenters. The Labute approximate surface area is 137 Å². The molecule has 2 saturated heterocycles. The van der Waals surface area contributed by atoms with Gasteiger partial charge in [0.05, 0.1) is 13.0 Å². The summed E-state index contributed by atoms with van der Waals surface area (Å²) in [6.45, 7) is 2.67. The van der Waals surface area contributed by atoms with Crippen molar-refractivity contribution in [2.75, 3.05) is 33.3 Å². The summed E-state index contributed by atoms with van der Waals surface area (Å²) in [5.41, 5.74) is 0.881. The van der Waals surface area contributed by atoms with Gasteiger partial charge in [0.15, 0.2) is 0 Å². The van der Waals surface area contributed by atoms with Crippen LogP contribution in [0.4, 0.5) is 0 Å². The number of piperidine rings is 2. The van der Waals surface area contributed by atoms with Gasteiger partial charge in [-0.15, -0.1) is 0 Å². The number of aromatic hydroxyl groups is 1. The minimum Gasteiger partial charge on any atom is -0.508 e. The van der Waals surface area contributed by atoms with Crippen LogP contribution in [0.25, 0.3) is 0 Å². The molecule has 126 valence electrons. The van der Waals surface area contributed by atoms with E-state index in [2.05, 4.69) is 11.9 Å². The van der Waals surface area contributed by atoms with Crippen LogP contribution < -0.4 is 0 Å². The fourth-order valence-electron chi connectivity index (χ4n) is 4.14. The van der Waals surface area contributed by atoms with Crippen LogP contribution in [-0.2, 0) is 11.2 Å². The molecule has 0 bridgehead atoms. The number of nitrogens with zero attached hydrogens (tertiary/aromatic N) is 2. The maximum absolute atomic E-state index is 12.6. The fourth-order valence-corrected chi connectivity index (χ4v) is 4.14. The molecular weight excluding hydrogens is 292 g/mol. The maximum atomic E-state index is 12.6. The van der Waals surface area contributed by atoms with Gasteiger partial charge in [0, 0.05) is 24.5 Å². The molecule has 1 amide bonds. The van der Waals surface area contributed by atoms with Gasteiger partial charge in [0.1, 0.15) is 5.75 Å². The van der Waals surface area contributed by atoms with Gasteiger partial charge in [-0.2, -0.15) is 0 Å². The zero-order chi connectivity index (χ0) is 16.4. The van der Waals surface area contributed by atoms with E-state index in [1.54, 1.807) is 24.3 Å². The van der Waals surface area contributed by atoms with Gasteiger partial charge in [0.2, 0.25) is 5.91 Å². The van der Waals surface area contributed by atoms with Gasteiger partial charge in [0.25, 0.3) is 0 Å². The molecule has 1 aromatic carbocycles. The molecule has 2 fully saturated rings. The van der Waals surface area contributed by atoms with Crippen molar-refractivity contribution in [3.63, 3.8) is 0 Å². The Morgan fingerprint density at radius 2 is 2.00 bits per heavy atom. The first-order chi connectivity index (χ1) is 11.0. The van der Waals surface area contributed by atoms with E-state index in [4.69, 9.17) is 0 Å². The number of rotatable bonds is 3. The number of amides is 1. The Balaban J connectivity index is 1.67. The molecule has 2 heterocycles. The van der Waals surface area contributed by atoms with Crippen LogP contribution in [0, 0.1) is 5.41 Å². The lowest BCUT2D eigenvalue weighted by molar-refractivity contribution is -0.139. The second-order valence-corrected chi connectivity index (χ2v) is 7.05. The van der Waals surface area contributed by atoms with E-state index in [1.165, 1.54) is 0 Å². The number of benzene rings is 1. The van der Waals surface area contributed by atoms with Crippen LogP contribution in [0.2, 0.25) is 0 Å². The summed E-state index contributed by atoms with van der Waals surface area (Å²) < 4.78 is 0. The van der Waals surface area contributed by atoms with Crippen molar-refractivity contribution in [2.45, 2.75) is 31.7 Å². The molecule has 2 aliphatic heterocycles. The van der Waals surface area contributed by atoms with Crippen LogP contribution in [-0.4, -0.2) is 65.3 Å². The highest BCUT2D eigenvalue weighted by atomic mass is 16.3. The Hall–Kier alpha value is -1.59. The number of aliphatic hydroxyl groups excluding tert-OH is 1. The minimum absolute atomic E-state index is 0.0394. The average Bonchev–Trinajstić information content (AvgIpc) is 2.57. The fraction of sp³-hybridized carbons (Fsp3) is 0.611. The monoisotopic (exact) mass is 318 g/mol. The van der Waals surface area contributed by atoms with Gasteiger partial charge in [-0.1, -0.05) is 12.1 Å². The molecule has 5 heteroatoms. The van der Waals surface area contributed by atoms with E-state index < -0.39 is 0 Å². The minimum atomic E-state index is -0.0394. The third-order valence-electron chi connectivity index (χ3n) is 5.66. The molecule has 5 nitrogen and oxygen atoms in total. The molecule has 1 aromatic rings. The molecule has 2 N–H and O–H groups in total. The highest BCUT2D eigenvalue weighted by Crippen LogP contribution is 2.41. The number of fused-ring (bicyclic) bond motifs is 1. The lowest BCUT2D eigenvalue weighted by Crippen LogP contribution is -2.62. The number of hydrogen-bond acceptors (Lipinski definition) is 4. The number of phenolic OH excluding ortho intramolecular Hbond substituents is 1. The maximum Gasteiger partial charge on any atom is 0.227 e. The van der Waals surface area contributed by atoms with Crippen molar-refractivity contribution in [2.24, 2.45) is 5.41 Å². The van der Waals surface area contributed by atoms with E-state index >= 15 is 0 Å². The predicted molar refractivity (Wildman–Crippen MR) is 88.2 cm³/mol. The topological polar surface area (TPSA) is 64.0 Å². The number of phenols is 1. The Morgan fingerprint density at radius 1 is 1.26 bits per heavy atom. The summed E-state index contributed by atoms with van der Waals surface area (Å²) in [7, 11) is 2.10. The molecule has 3 rings (SSSR count). The number of aliphatic hydroxyl groups is 1. The van der Waals surface area contributed by atoms with Crippen LogP contribution in [0.5, 0.6) is 5.75 Å². The SMILES string of the molecule is CN1CCC[C@]2(CO)CCN(C(=O)Cc3ccc(O)cc3)C[C@@H]12. The third-order valence-corrected chi connectivity index (χ3v) is 5.66. The van der Waals surface area contributed by atoms with Crippen molar-refractivity contribution in [3.8, 4) is 5.75 Å². The van der Waals surface area contributed by atoms with E-state index in [9.17, 15) is 15.0 Å². The summed E-state index contributed by atoms with van der Waals surface area (Å²) in [5, 5.41) is 19.3. The first-order valence-electron chi connectivity index (χ1n) is 8.41. The average molecular weight is 318 g/mol. The van der Waals surface area contributed by atoms with Crippen molar-refractivity contribution < 1.29 is 15.0 Å². The molecule has 0 aromatic heterocycles. The van der Waals surface area contributed by atoms with Gasteiger partial charge < -0.3 is 20.0 Å². The van der Waals surface area contributed by atoms with E-state index in [-0.39, 0.29) is 29.7 Å². The number of likely N-dealkylation sites (tertiary alicyclic amines) is 2. The lowest BCUT2D eigenvalue weighted by atomic mass is 9.69. The molecule has 0 saturated carbocycles. The Kier molecular flexibility index (Phi) is 4.60. The predicted octanol–water partition coefficient (Wildman–Crippen LogP) is 1.24. The first-order valence-corrected chi connectivity index (χ1v) is 8.41. The van der Waals surface area contributed by atoms with Crippen LogP contribution >= 0.6 is 0 Å². The molecular formula is C18H26N2O3. The summed E-state index contributed by atoms with van der Waals surface area (Å²) in [4.78, 5) is 16.9. The molecule has 23 heavy (non-hydrogen) atoms. The summed E-state index contributed by atoms with van der Waals surface area (Å²) >= 11 is 0. The number of likely N-dealkylation sites (N-methyl/N-ethyl adjacent to an activating group) is 1. The van der Waals surface area contributed by atoms with E-state index in [0.29, 0.717) is 13.0 Å². The summed E-state index contributed by atoms with van der Waals surface area (Å²) in [6, 6.07) is 7.07. The molecule has 0 aliphatic carbocycles. The molecule has 0 radical (unpaired) electrons. The van der Waals surface area contributed by atoms with Crippen LogP contribution in [0.1, 0.15) is 24.8 Å². The molecule has 2 aliphatic rings. The lowest BCUT2D eigenvalue weighted by Gasteiger charge is -2.53. The number of carbonyl (C=O) groups excluding carboxylic acids is 1. The Morgan fingerprint density at radius 3 is 2.70 bits per heavy atom. The summed E-state index contributed by atoms with van der Waals surface area (Å²) in [6.07, 6.45) is 3.41. The van der Waals surface area contributed by atoms with Crippen molar-refractivity contribution in [3.05, 3.63) is 29.8 Å². The molecule has 2 atom stereocenters. The third kappa shape index (κ3) is 3.21. The van der Waals surface area contributed by atoms with Gasteiger partial charge in [-0.05, 0) is 50.6 Å². The van der Waals surface area contributed by atoms with Gasteiger partial charge in [-0.25, -0.2) is 0 Å². The zero-order valence-electron chi connectivity index (χ0n) is 13.7. The van der Waals surface area contributed by atoms with Crippen molar-refractivity contribution in [1.82, 2.24) is 9.80 Å². The largest absolute Gasteiger partial charge is 0.508 e. The van der Waals surface area contributed by atoms with Crippen molar-refractivity contribution >= 4 is 5.91 Å². The zero-order valence-corrected chi connectivity index (χ0v) is 13.7.